The average molecular weight is 483 g/mol. The Morgan fingerprint density at radius 2 is 1.78 bits per heavy atom. The number of sulfone groups is 1. The predicted molar refractivity (Wildman–Crippen MR) is 130 cm³/mol. The van der Waals surface area contributed by atoms with Gasteiger partial charge in [0.05, 0.1) is 15.6 Å². The van der Waals surface area contributed by atoms with E-state index >= 15 is 0 Å². The number of carbonyl (C=O) groups excluding carboxylic acids is 1. The van der Waals surface area contributed by atoms with Gasteiger partial charge in [-0.2, -0.15) is 0 Å². The van der Waals surface area contributed by atoms with Crippen molar-refractivity contribution in [1.82, 2.24) is 4.98 Å². The molecule has 0 atom stereocenters. The van der Waals surface area contributed by atoms with Gasteiger partial charge in [-0.3, -0.25) is 4.79 Å². The molecule has 32 heavy (non-hydrogen) atoms. The Morgan fingerprint density at radius 1 is 1.03 bits per heavy atom. The highest BCUT2D eigenvalue weighted by atomic mass is 35.5. The molecule has 162 valence electrons. The van der Waals surface area contributed by atoms with Crippen molar-refractivity contribution in [2.45, 2.75) is 11.8 Å². The van der Waals surface area contributed by atoms with E-state index in [1.54, 1.807) is 30.4 Å². The number of carbonyl (C=O) groups is 1. The third-order valence-electron chi connectivity index (χ3n) is 4.90. The molecule has 0 aliphatic carbocycles. The summed E-state index contributed by atoms with van der Waals surface area (Å²) in [5.74, 6) is -0.341. The van der Waals surface area contributed by atoms with Crippen LogP contribution in [0.3, 0.4) is 0 Å². The lowest BCUT2D eigenvalue weighted by molar-refractivity contribution is 0.102. The quantitative estimate of drug-likeness (QED) is 0.373. The van der Waals surface area contributed by atoms with Crippen LogP contribution in [0.1, 0.15) is 15.9 Å². The number of nitrogens with one attached hydrogen (secondary N) is 1. The van der Waals surface area contributed by atoms with Gasteiger partial charge in [-0.1, -0.05) is 41.9 Å². The Hall–Kier alpha value is -3.00. The molecule has 0 bridgehead atoms. The molecule has 8 heteroatoms. The molecule has 1 heterocycles. The van der Waals surface area contributed by atoms with E-state index in [2.05, 4.69) is 10.3 Å². The van der Waals surface area contributed by atoms with Crippen LogP contribution >= 0.6 is 22.9 Å². The van der Waals surface area contributed by atoms with Gasteiger partial charge < -0.3 is 5.32 Å². The second kappa shape index (κ2) is 8.86. The number of anilines is 1. The molecule has 3 aromatic carbocycles. The standard InChI is InChI=1S/C24H19ClN2O3S2/c1-15-12-18(32(2,29)30)9-11-19(15)23(28)26-17-8-10-20(21(25)13-17)22-14-31-24(27-22)16-6-4-3-5-7-16/h3-14H,1-2H3,(H,26,28). The Morgan fingerprint density at radius 3 is 2.44 bits per heavy atom. The van der Waals surface area contributed by atoms with Crippen LogP contribution in [0, 0.1) is 6.92 Å². The van der Waals surface area contributed by atoms with E-state index in [0.29, 0.717) is 21.8 Å². The van der Waals surface area contributed by atoms with E-state index in [-0.39, 0.29) is 10.8 Å². The summed E-state index contributed by atoms with van der Waals surface area (Å²) in [5.41, 5.74) is 4.09. The van der Waals surface area contributed by atoms with Crippen molar-refractivity contribution in [3.8, 4) is 21.8 Å². The molecular formula is C24H19ClN2O3S2. The fourth-order valence-corrected chi connectivity index (χ4v) is 5.04. The normalized spacial score (nSPS) is 11.3. The molecule has 0 fully saturated rings. The molecule has 0 saturated heterocycles. The second-order valence-electron chi connectivity index (χ2n) is 7.30. The molecule has 0 spiro atoms. The van der Waals surface area contributed by atoms with E-state index in [1.165, 1.54) is 18.2 Å². The zero-order chi connectivity index (χ0) is 22.9. The zero-order valence-corrected chi connectivity index (χ0v) is 19.7. The van der Waals surface area contributed by atoms with Gasteiger partial charge in [-0.15, -0.1) is 11.3 Å². The molecule has 1 aromatic heterocycles. The summed E-state index contributed by atoms with van der Waals surface area (Å²) in [5, 5.41) is 6.14. The largest absolute Gasteiger partial charge is 0.322 e. The molecule has 5 nitrogen and oxygen atoms in total. The molecule has 0 unspecified atom stereocenters. The molecule has 0 saturated carbocycles. The Balaban J connectivity index is 1.54. The number of rotatable bonds is 5. The number of benzene rings is 3. The minimum atomic E-state index is -3.33. The average Bonchev–Trinajstić information content (AvgIpc) is 3.23. The van der Waals surface area contributed by atoms with Crippen molar-refractivity contribution < 1.29 is 13.2 Å². The number of thiazole rings is 1. The van der Waals surface area contributed by atoms with Crippen molar-refractivity contribution in [3.63, 3.8) is 0 Å². The van der Waals surface area contributed by atoms with E-state index in [9.17, 15) is 13.2 Å². The molecule has 0 aliphatic rings. The topological polar surface area (TPSA) is 76.1 Å². The van der Waals surface area contributed by atoms with Gasteiger partial charge in [0, 0.05) is 34.0 Å². The van der Waals surface area contributed by atoms with Crippen molar-refractivity contribution in [1.29, 1.82) is 0 Å². The van der Waals surface area contributed by atoms with Gasteiger partial charge in [0.15, 0.2) is 9.84 Å². The number of aromatic nitrogens is 1. The van der Waals surface area contributed by atoms with Crippen LogP contribution in [0.2, 0.25) is 5.02 Å². The van der Waals surface area contributed by atoms with Gasteiger partial charge in [0.1, 0.15) is 5.01 Å². The maximum Gasteiger partial charge on any atom is 0.255 e. The summed E-state index contributed by atoms with van der Waals surface area (Å²) >= 11 is 8.04. The van der Waals surface area contributed by atoms with E-state index in [4.69, 9.17) is 11.6 Å². The summed E-state index contributed by atoms with van der Waals surface area (Å²) in [6.07, 6.45) is 1.14. The van der Waals surface area contributed by atoms with E-state index < -0.39 is 9.84 Å². The molecule has 0 radical (unpaired) electrons. The number of hydrogen-bond donors (Lipinski definition) is 1. The van der Waals surface area contributed by atoms with E-state index in [1.807, 2.05) is 41.8 Å². The van der Waals surface area contributed by atoms with Gasteiger partial charge in [-0.05, 0) is 48.9 Å². The van der Waals surface area contributed by atoms with Crippen molar-refractivity contribution >= 4 is 44.4 Å². The molecule has 1 amide bonds. The summed E-state index contributed by atoms with van der Waals surface area (Å²) in [7, 11) is -3.33. The first-order valence-electron chi connectivity index (χ1n) is 9.65. The highest BCUT2D eigenvalue weighted by molar-refractivity contribution is 7.90. The highest BCUT2D eigenvalue weighted by Gasteiger charge is 2.15. The molecule has 4 rings (SSSR count). The SMILES string of the molecule is Cc1cc(S(C)(=O)=O)ccc1C(=O)Nc1ccc(-c2csc(-c3ccccc3)n2)c(Cl)c1. The van der Waals surface area contributed by atoms with Crippen molar-refractivity contribution in [2.24, 2.45) is 0 Å². The summed E-state index contributed by atoms with van der Waals surface area (Å²) in [6, 6.07) is 19.6. The van der Waals surface area contributed by atoms with Gasteiger partial charge >= 0.3 is 0 Å². The number of hydrogen-bond acceptors (Lipinski definition) is 5. The van der Waals surface area contributed by atoms with Crippen LogP contribution < -0.4 is 5.32 Å². The fourth-order valence-electron chi connectivity index (χ4n) is 3.23. The van der Waals surface area contributed by atoms with Gasteiger partial charge in [0.25, 0.3) is 5.91 Å². The molecular weight excluding hydrogens is 464 g/mol. The first kappa shape index (κ1) is 22.2. The first-order chi connectivity index (χ1) is 15.2. The van der Waals surface area contributed by atoms with Crippen molar-refractivity contribution in [2.75, 3.05) is 11.6 Å². The molecule has 0 aliphatic heterocycles. The summed E-state index contributed by atoms with van der Waals surface area (Å²) in [4.78, 5) is 17.6. The summed E-state index contributed by atoms with van der Waals surface area (Å²) in [6.45, 7) is 1.70. The van der Waals surface area contributed by atoms with E-state index in [0.717, 1.165) is 28.1 Å². The summed E-state index contributed by atoms with van der Waals surface area (Å²) < 4.78 is 23.4. The highest BCUT2D eigenvalue weighted by Crippen LogP contribution is 2.34. The van der Waals surface area contributed by atoms with Crippen LogP contribution in [0.4, 0.5) is 5.69 Å². The maximum atomic E-state index is 12.7. The lowest BCUT2D eigenvalue weighted by Crippen LogP contribution is -2.14. The van der Waals surface area contributed by atoms with Crippen LogP contribution in [0.5, 0.6) is 0 Å². The monoisotopic (exact) mass is 482 g/mol. The van der Waals surface area contributed by atoms with Gasteiger partial charge in [0.2, 0.25) is 0 Å². The second-order valence-corrected chi connectivity index (χ2v) is 10.6. The minimum Gasteiger partial charge on any atom is -0.322 e. The smallest absolute Gasteiger partial charge is 0.255 e. The lowest BCUT2D eigenvalue weighted by atomic mass is 10.1. The fraction of sp³-hybridized carbons (Fsp3) is 0.0833. The van der Waals surface area contributed by atoms with Crippen LogP contribution in [0.25, 0.3) is 21.8 Å². The minimum absolute atomic E-state index is 0.178. The Labute approximate surface area is 195 Å². The molecule has 1 N–H and O–H groups in total. The maximum absolute atomic E-state index is 12.7. The Bertz CT molecular complexity index is 1410. The Kier molecular flexibility index (Phi) is 6.15. The van der Waals surface area contributed by atoms with Crippen LogP contribution in [-0.4, -0.2) is 25.6 Å². The third-order valence-corrected chi connectivity index (χ3v) is 7.21. The van der Waals surface area contributed by atoms with Crippen molar-refractivity contribution in [3.05, 3.63) is 88.3 Å². The number of aryl methyl sites for hydroxylation is 1. The number of amides is 1. The first-order valence-corrected chi connectivity index (χ1v) is 12.8. The number of nitrogens with zero attached hydrogens (tertiary/aromatic N) is 1. The predicted octanol–water partition coefficient (Wildman–Crippen LogP) is 6.09. The zero-order valence-electron chi connectivity index (χ0n) is 17.3. The third kappa shape index (κ3) is 4.75. The van der Waals surface area contributed by atoms with Crippen LogP contribution in [0.15, 0.2) is 77.0 Å². The van der Waals surface area contributed by atoms with Gasteiger partial charge in [-0.25, -0.2) is 13.4 Å². The lowest BCUT2D eigenvalue weighted by Gasteiger charge is -2.10. The van der Waals surface area contributed by atoms with Crippen LogP contribution in [-0.2, 0) is 9.84 Å². The number of halogens is 1. The molecule has 4 aromatic rings.